The molecule has 0 radical (unpaired) electrons. The summed E-state index contributed by atoms with van der Waals surface area (Å²) in [6, 6.07) is 1.85. The number of hydrogen-bond donors (Lipinski definition) is 2. The molecule has 9 nitrogen and oxygen atoms in total. The lowest BCUT2D eigenvalue weighted by atomic mass is 9.95. The fourth-order valence-corrected chi connectivity index (χ4v) is 8.25. The number of hydrogen-bond acceptors (Lipinski definition) is 9. The number of aromatic nitrogens is 3. The quantitative estimate of drug-likeness (QED) is 0.310. The van der Waals surface area contributed by atoms with Crippen molar-refractivity contribution in [2.45, 2.75) is 68.1 Å². The Bertz CT molecular complexity index is 1680. The van der Waals surface area contributed by atoms with Gasteiger partial charge in [0.2, 0.25) is 5.88 Å². The van der Waals surface area contributed by atoms with E-state index >= 15 is 4.39 Å². The van der Waals surface area contributed by atoms with Gasteiger partial charge in [0.05, 0.1) is 22.2 Å². The number of alkyl halides is 4. The number of nitrogen functional groups attached to an aromatic ring is 1. The fourth-order valence-electron chi connectivity index (χ4n) is 7.91. The van der Waals surface area contributed by atoms with E-state index in [4.69, 9.17) is 31.8 Å². The van der Waals surface area contributed by atoms with Crippen LogP contribution in [0.4, 0.5) is 33.5 Å². The number of pyridine rings is 1. The minimum Gasteiger partial charge on any atom is -0.475 e. The highest BCUT2D eigenvalue weighted by molar-refractivity contribution is 6.32. The zero-order valence-electron chi connectivity index (χ0n) is 23.4. The van der Waals surface area contributed by atoms with E-state index in [9.17, 15) is 17.6 Å². The Morgan fingerprint density at radius 1 is 1.18 bits per heavy atom. The van der Waals surface area contributed by atoms with Crippen LogP contribution in [-0.2, 0) is 6.18 Å². The molecule has 8 rings (SSSR count). The Kier molecular flexibility index (Phi) is 6.35. The molecule has 5 aliphatic heterocycles. The van der Waals surface area contributed by atoms with Gasteiger partial charge in [-0.1, -0.05) is 11.6 Å². The Morgan fingerprint density at radius 3 is 2.84 bits per heavy atom. The van der Waals surface area contributed by atoms with Crippen molar-refractivity contribution in [3.8, 4) is 23.1 Å². The van der Waals surface area contributed by atoms with E-state index in [0.717, 1.165) is 44.4 Å². The lowest BCUT2D eigenvalue weighted by Crippen LogP contribution is -2.60. The summed E-state index contributed by atoms with van der Waals surface area (Å²) in [5, 5.41) is 3.05. The summed E-state index contributed by atoms with van der Waals surface area (Å²) < 4.78 is 86.0. The van der Waals surface area contributed by atoms with E-state index in [1.165, 1.54) is 0 Å². The van der Waals surface area contributed by atoms with Crippen molar-refractivity contribution in [3.63, 3.8) is 0 Å². The molecule has 0 aliphatic carbocycles. The maximum atomic E-state index is 16.6. The first-order chi connectivity index (χ1) is 21.0. The van der Waals surface area contributed by atoms with Crippen LogP contribution in [0.3, 0.4) is 0 Å². The van der Waals surface area contributed by atoms with Gasteiger partial charge in [-0.3, -0.25) is 4.90 Å². The van der Waals surface area contributed by atoms with E-state index in [2.05, 4.69) is 20.2 Å². The van der Waals surface area contributed by atoms with Crippen molar-refractivity contribution >= 4 is 34.0 Å². The van der Waals surface area contributed by atoms with E-state index in [1.54, 1.807) is 0 Å². The van der Waals surface area contributed by atoms with Crippen molar-refractivity contribution in [3.05, 3.63) is 28.5 Å². The van der Waals surface area contributed by atoms with Crippen LogP contribution in [-0.4, -0.2) is 82.5 Å². The Morgan fingerprint density at radius 2 is 2.02 bits per heavy atom. The predicted molar refractivity (Wildman–Crippen MR) is 152 cm³/mol. The molecule has 4 saturated heterocycles. The van der Waals surface area contributed by atoms with Crippen molar-refractivity contribution in [2.24, 2.45) is 0 Å². The number of benzene rings is 1. The van der Waals surface area contributed by atoms with Crippen molar-refractivity contribution in [2.75, 3.05) is 43.5 Å². The average Bonchev–Trinajstić information content (AvgIpc) is 3.59. The number of halogens is 6. The molecular weight excluding hydrogens is 609 g/mol. The second-order valence-corrected chi connectivity index (χ2v) is 12.9. The molecule has 2 aromatic heterocycles. The molecule has 234 valence electrons. The molecule has 0 spiro atoms. The number of fused-ring (bicyclic) bond motifs is 6. The van der Waals surface area contributed by atoms with Gasteiger partial charge >= 0.3 is 12.2 Å². The van der Waals surface area contributed by atoms with Crippen LogP contribution < -0.4 is 25.4 Å². The number of anilines is 2. The molecule has 15 heteroatoms. The molecule has 0 amide bonds. The van der Waals surface area contributed by atoms with Crippen LogP contribution in [0, 0.1) is 5.82 Å². The maximum absolute atomic E-state index is 16.6. The van der Waals surface area contributed by atoms with Gasteiger partial charge in [0.1, 0.15) is 41.8 Å². The minimum absolute atomic E-state index is 0.0669. The molecule has 2 bridgehead atoms. The van der Waals surface area contributed by atoms with E-state index in [-0.39, 0.29) is 59.8 Å². The zero-order valence-corrected chi connectivity index (χ0v) is 24.2. The van der Waals surface area contributed by atoms with Gasteiger partial charge in [-0.25, -0.2) is 13.8 Å². The van der Waals surface area contributed by atoms with Crippen LogP contribution in [0.1, 0.15) is 37.7 Å². The Balaban J connectivity index is 1.31. The average molecular weight is 638 g/mol. The first-order valence-corrected chi connectivity index (χ1v) is 15.1. The zero-order chi connectivity index (χ0) is 30.5. The van der Waals surface area contributed by atoms with Gasteiger partial charge < -0.3 is 25.4 Å². The lowest BCUT2D eigenvalue weighted by Gasteiger charge is -2.40. The number of nitrogens with zero attached hydrogens (tertiary/aromatic N) is 5. The summed E-state index contributed by atoms with van der Waals surface area (Å²) in [4.78, 5) is 17.6. The Labute approximate surface area is 253 Å². The second kappa shape index (κ2) is 9.88. The summed E-state index contributed by atoms with van der Waals surface area (Å²) in [5.41, 5.74) is 2.41. The predicted octanol–water partition coefficient (Wildman–Crippen LogP) is 4.74. The fraction of sp³-hybridized carbons (Fsp3) is 0.552. The molecule has 3 aromatic rings. The molecular formula is C29H29ClF5N7O2. The molecule has 44 heavy (non-hydrogen) atoms. The summed E-state index contributed by atoms with van der Waals surface area (Å²) in [6.07, 6.45) is -2.10. The SMILES string of the molecule is Nc1cc(Cl)c(C(F)(F)F)c(-c2nc3c4c(nc(OC[C@@]56CCCN5C[C@H](F)C6)nc4c2F)N2CC4CCC(N4)C2CO3)c1. The number of ether oxygens (including phenoxy) is 2. The van der Waals surface area contributed by atoms with Crippen LogP contribution in [0.2, 0.25) is 5.02 Å². The van der Waals surface area contributed by atoms with Gasteiger partial charge in [0, 0.05) is 42.8 Å². The molecule has 0 saturated carbocycles. The van der Waals surface area contributed by atoms with Crippen molar-refractivity contribution in [1.82, 2.24) is 25.2 Å². The van der Waals surface area contributed by atoms with Crippen LogP contribution in [0.15, 0.2) is 12.1 Å². The summed E-state index contributed by atoms with van der Waals surface area (Å²) in [7, 11) is 0. The molecule has 7 heterocycles. The lowest BCUT2D eigenvalue weighted by molar-refractivity contribution is -0.137. The third-order valence-electron chi connectivity index (χ3n) is 9.82. The summed E-state index contributed by atoms with van der Waals surface area (Å²) in [5.74, 6) is -0.863. The van der Waals surface area contributed by atoms with Gasteiger partial charge in [0.25, 0.3) is 0 Å². The second-order valence-electron chi connectivity index (χ2n) is 12.5. The molecule has 1 aromatic carbocycles. The summed E-state index contributed by atoms with van der Waals surface area (Å²) >= 11 is 6.01. The van der Waals surface area contributed by atoms with Crippen molar-refractivity contribution < 1.29 is 31.4 Å². The number of nitrogens with two attached hydrogens (primary N) is 1. The normalized spacial score (nSPS) is 29.5. The molecule has 5 aliphatic rings. The third-order valence-corrected chi connectivity index (χ3v) is 10.1. The molecule has 4 fully saturated rings. The largest absolute Gasteiger partial charge is 0.475 e. The van der Waals surface area contributed by atoms with Crippen LogP contribution in [0.5, 0.6) is 11.9 Å². The smallest absolute Gasteiger partial charge is 0.418 e. The molecule has 5 atom stereocenters. The first-order valence-electron chi connectivity index (χ1n) is 14.8. The number of rotatable bonds is 4. The van der Waals surface area contributed by atoms with E-state index in [0.29, 0.717) is 25.3 Å². The minimum atomic E-state index is -4.93. The van der Waals surface area contributed by atoms with Crippen LogP contribution >= 0.6 is 11.6 Å². The first kappa shape index (κ1) is 28.3. The van der Waals surface area contributed by atoms with Crippen molar-refractivity contribution in [1.29, 1.82) is 0 Å². The maximum Gasteiger partial charge on any atom is 0.418 e. The van der Waals surface area contributed by atoms with Gasteiger partial charge in [0.15, 0.2) is 5.82 Å². The third kappa shape index (κ3) is 4.35. The highest BCUT2D eigenvalue weighted by Gasteiger charge is 2.50. The Hall–Kier alpha value is -3.23. The van der Waals surface area contributed by atoms with Crippen LogP contribution in [0.25, 0.3) is 22.2 Å². The number of nitrogens with one attached hydrogen (secondary N) is 1. The highest BCUT2D eigenvalue weighted by Crippen LogP contribution is 2.47. The molecule has 3 N–H and O–H groups in total. The monoisotopic (exact) mass is 637 g/mol. The van der Waals surface area contributed by atoms with Gasteiger partial charge in [-0.2, -0.15) is 23.1 Å². The van der Waals surface area contributed by atoms with Gasteiger partial charge in [-0.05, 0) is 44.4 Å². The topological polar surface area (TPSA) is 102 Å². The highest BCUT2D eigenvalue weighted by atomic mass is 35.5. The van der Waals surface area contributed by atoms with E-state index < -0.39 is 45.5 Å². The van der Waals surface area contributed by atoms with Gasteiger partial charge in [-0.15, -0.1) is 0 Å². The molecule has 3 unspecified atom stereocenters. The standard InChI is InChI=1S/C29H29ClF5N7O2/c30-17-7-14(36)6-16(21(17)29(33,34)35)23-22(32)24-20-25(42-10-15-2-3-18(37-15)19(42)11-43-26(20)38-23)40-27(39-24)44-12-28-4-1-5-41(28)9-13(31)8-28/h6-7,13,15,18-19,37H,1-5,8-12,36H2/t13-,15?,18?,19?,28+/m1/s1. The number of piperazine rings is 1. The van der Waals surface area contributed by atoms with E-state index in [1.807, 2.05) is 4.90 Å². The summed E-state index contributed by atoms with van der Waals surface area (Å²) in [6.45, 7) is 1.88.